The number of carbonyl (C=O) groups excluding carboxylic acids is 1. The van der Waals surface area contributed by atoms with Crippen molar-refractivity contribution >= 4 is 23.8 Å². The third-order valence-electron chi connectivity index (χ3n) is 6.01. The van der Waals surface area contributed by atoms with Crippen LogP contribution >= 0.6 is 0 Å². The molecule has 3 atom stereocenters. The lowest BCUT2D eigenvalue weighted by atomic mass is 9.91. The fourth-order valence-corrected chi connectivity index (χ4v) is 3.92. The van der Waals surface area contributed by atoms with Gasteiger partial charge in [0.2, 0.25) is 5.91 Å². The van der Waals surface area contributed by atoms with Gasteiger partial charge < -0.3 is 25.4 Å². The summed E-state index contributed by atoms with van der Waals surface area (Å²) >= 11 is 0. The number of ether oxygens (including phenoxy) is 1. The van der Waals surface area contributed by atoms with Crippen LogP contribution in [-0.4, -0.2) is 103 Å². The van der Waals surface area contributed by atoms with Crippen LogP contribution in [0.2, 0.25) is 0 Å². The van der Waals surface area contributed by atoms with Gasteiger partial charge in [-0.3, -0.25) is 19.4 Å². The van der Waals surface area contributed by atoms with Crippen LogP contribution in [0.4, 0.5) is 39.5 Å². The van der Waals surface area contributed by atoms with E-state index in [1.165, 1.54) is 5.56 Å². The van der Waals surface area contributed by atoms with Crippen molar-refractivity contribution in [3.8, 4) is 0 Å². The van der Waals surface area contributed by atoms with Crippen LogP contribution < -0.4 is 5.32 Å². The number of fused-ring (bicyclic) bond motifs is 1. The molecule has 0 unspecified atom stereocenters. The van der Waals surface area contributed by atoms with Crippen molar-refractivity contribution < 1.29 is 78.7 Å². The molecule has 0 bridgehead atoms. The Balaban J connectivity index is 0.000000430. The summed E-state index contributed by atoms with van der Waals surface area (Å²) < 4.78 is 103. The number of aryl methyl sites for hydroxylation is 1. The van der Waals surface area contributed by atoms with Gasteiger partial charge in [0.1, 0.15) is 6.10 Å². The van der Waals surface area contributed by atoms with Crippen molar-refractivity contribution in [1.29, 1.82) is 0 Å². The van der Waals surface area contributed by atoms with Gasteiger partial charge in [0.15, 0.2) is 0 Å². The van der Waals surface area contributed by atoms with Gasteiger partial charge in [-0.2, -0.15) is 44.6 Å². The SMILES string of the molecule is Cn1cc(CN2CC[C@H]3C[C@@H](C(=O)NCc4cccnc4)O[C@@H]3C2)cn1.O=C(O)C(F)(F)F.O=C(O)C(F)(F)F.O=C(O)C(F)(F)F. The molecule has 47 heavy (non-hydrogen) atoms. The van der Waals surface area contributed by atoms with Crippen LogP contribution in [0.1, 0.15) is 24.0 Å². The number of hydrogen-bond acceptors (Lipinski definition) is 8. The smallest absolute Gasteiger partial charge is 0.475 e. The Hall–Kier alpha value is -4.47. The maximum absolute atomic E-state index is 12.5. The molecular formula is C25H28F9N5O8. The number of alkyl halides is 9. The number of amides is 1. The van der Waals surface area contributed by atoms with Gasteiger partial charge in [0.05, 0.1) is 12.3 Å². The van der Waals surface area contributed by atoms with E-state index in [2.05, 4.69) is 26.5 Å². The summed E-state index contributed by atoms with van der Waals surface area (Å²) in [4.78, 5) is 45.6. The van der Waals surface area contributed by atoms with Crippen LogP contribution in [0.25, 0.3) is 0 Å². The summed E-state index contributed by atoms with van der Waals surface area (Å²) in [5.41, 5.74) is 2.22. The molecule has 22 heteroatoms. The van der Waals surface area contributed by atoms with E-state index in [4.69, 9.17) is 34.4 Å². The van der Waals surface area contributed by atoms with Gasteiger partial charge in [-0.1, -0.05) is 6.07 Å². The lowest BCUT2D eigenvalue weighted by Gasteiger charge is -2.33. The summed E-state index contributed by atoms with van der Waals surface area (Å²) in [6.45, 7) is 3.31. The molecule has 2 aromatic heterocycles. The van der Waals surface area contributed by atoms with Crippen LogP contribution in [0.15, 0.2) is 36.9 Å². The molecule has 2 aliphatic rings. The summed E-state index contributed by atoms with van der Waals surface area (Å²) in [6.07, 6.45) is -6.07. The molecule has 264 valence electrons. The topological polar surface area (TPSA) is 184 Å². The van der Waals surface area contributed by atoms with E-state index in [9.17, 15) is 44.3 Å². The molecule has 2 aliphatic heterocycles. The lowest BCUT2D eigenvalue weighted by Crippen LogP contribution is -2.42. The quantitative estimate of drug-likeness (QED) is 0.337. The van der Waals surface area contributed by atoms with Crippen LogP contribution in [0.3, 0.4) is 0 Å². The van der Waals surface area contributed by atoms with Crippen molar-refractivity contribution in [3.05, 3.63) is 48.0 Å². The molecule has 4 heterocycles. The summed E-state index contributed by atoms with van der Waals surface area (Å²) in [5.74, 6) is -7.80. The molecule has 0 aliphatic carbocycles. The Morgan fingerprint density at radius 2 is 1.45 bits per heavy atom. The van der Waals surface area contributed by atoms with Crippen molar-refractivity contribution in [2.24, 2.45) is 13.0 Å². The van der Waals surface area contributed by atoms with Gasteiger partial charge in [-0.05, 0) is 36.9 Å². The van der Waals surface area contributed by atoms with Gasteiger partial charge >= 0.3 is 36.4 Å². The van der Waals surface area contributed by atoms with E-state index in [1.54, 1.807) is 12.4 Å². The highest BCUT2D eigenvalue weighted by atomic mass is 19.4. The Kier molecular flexibility index (Phi) is 15.1. The monoisotopic (exact) mass is 697 g/mol. The predicted molar refractivity (Wildman–Crippen MR) is 137 cm³/mol. The van der Waals surface area contributed by atoms with Crippen molar-refractivity contribution in [1.82, 2.24) is 25.0 Å². The normalized spacial score (nSPS) is 19.3. The number of halogens is 9. The number of nitrogens with one attached hydrogen (secondary N) is 1. The standard InChI is InChI=1S/C19H25N5O2.3C2HF3O2/c1-23-11-15(10-22-23)12-24-6-4-16-7-17(26-18(16)13-24)19(25)21-9-14-3-2-5-20-8-14;3*3-2(4,5)1(6)7/h2-3,5,8,10-11,16-18H,4,6-7,9,12-13H2,1H3,(H,21,25);3*(H,6,7)/t16-,17-,18+;;;/m0.../s1. The maximum Gasteiger partial charge on any atom is 0.490 e. The maximum atomic E-state index is 12.5. The number of carboxylic acid groups (broad SMARTS) is 3. The Morgan fingerprint density at radius 1 is 0.915 bits per heavy atom. The zero-order valence-electron chi connectivity index (χ0n) is 24.0. The number of piperidine rings is 1. The number of aromatic nitrogens is 3. The highest BCUT2D eigenvalue weighted by molar-refractivity contribution is 5.81. The molecule has 2 fully saturated rings. The fraction of sp³-hybridized carbons (Fsp3) is 0.520. The molecule has 4 N–H and O–H groups in total. The number of aliphatic carboxylic acids is 3. The minimum Gasteiger partial charge on any atom is -0.475 e. The van der Waals surface area contributed by atoms with Gasteiger partial charge in [-0.25, -0.2) is 14.4 Å². The minimum atomic E-state index is -5.08. The first-order valence-corrected chi connectivity index (χ1v) is 12.9. The molecule has 13 nitrogen and oxygen atoms in total. The highest BCUT2D eigenvalue weighted by Crippen LogP contribution is 2.33. The van der Waals surface area contributed by atoms with E-state index in [1.807, 2.05) is 30.1 Å². The summed E-state index contributed by atoms with van der Waals surface area (Å²) in [7, 11) is 1.94. The number of hydrogen-bond donors (Lipinski definition) is 4. The Bertz CT molecular complexity index is 1260. The van der Waals surface area contributed by atoms with E-state index < -0.39 is 36.4 Å². The molecule has 2 saturated heterocycles. The molecular weight excluding hydrogens is 669 g/mol. The van der Waals surface area contributed by atoms with Crippen LogP contribution in [-0.2, 0) is 44.1 Å². The average molecular weight is 698 g/mol. The predicted octanol–water partition coefficient (Wildman–Crippen LogP) is 3.01. The number of carboxylic acids is 3. The minimum absolute atomic E-state index is 0.0120. The van der Waals surface area contributed by atoms with Crippen molar-refractivity contribution in [2.75, 3.05) is 13.1 Å². The average Bonchev–Trinajstić information content (AvgIpc) is 3.57. The first-order chi connectivity index (χ1) is 21.5. The number of pyridine rings is 1. The molecule has 4 rings (SSSR count). The summed E-state index contributed by atoms with van der Waals surface area (Å²) in [6, 6.07) is 3.83. The number of rotatable bonds is 5. The third kappa shape index (κ3) is 15.6. The molecule has 1 amide bonds. The number of nitrogens with zero attached hydrogens (tertiary/aromatic N) is 4. The molecule has 0 saturated carbocycles. The Labute approximate surface area is 258 Å². The van der Waals surface area contributed by atoms with Crippen LogP contribution in [0.5, 0.6) is 0 Å². The second-order valence-electron chi connectivity index (χ2n) is 9.69. The number of likely N-dealkylation sites (tertiary alicyclic amines) is 1. The van der Waals surface area contributed by atoms with Crippen molar-refractivity contribution in [2.45, 2.75) is 56.7 Å². The molecule has 0 radical (unpaired) electrons. The lowest BCUT2D eigenvalue weighted by molar-refractivity contribution is -0.193. The van der Waals surface area contributed by atoms with Gasteiger partial charge in [-0.15, -0.1) is 0 Å². The van der Waals surface area contributed by atoms with E-state index in [0.717, 1.165) is 38.0 Å². The van der Waals surface area contributed by atoms with E-state index in [0.29, 0.717) is 12.5 Å². The van der Waals surface area contributed by atoms with Gasteiger partial charge in [0.25, 0.3) is 0 Å². The first-order valence-electron chi connectivity index (χ1n) is 12.9. The number of carbonyl (C=O) groups is 4. The fourth-order valence-electron chi connectivity index (χ4n) is 3.92. The van der Waals surface area contributed by atoms with Gasteiger partial charge in [0, 0.05) is 50.8 Å². The van der Waals surface area contributed by atoms with E-state index in [-0.39, 0.29) is 18.1 Å². The molecule has 0 spiro atoms. The molecule has 2 aromatic rings. The first kappa shape index (κ1) is 40.6. The summed E-state index contributed by atoms with van der Waals surface area (Å²) in [5, 5.41) is 28.6. The third-order valence-corrected chi connectivity index (χ3v) is 6.01. The zero-order chi connectivity index (χ0) is 36.2. The zero-order valence-corrected chi connectivity index (χ0v) is 24.0. The van der Waals surface area contributed by atoms with Crippen molar-refractivity contribution in [3.63, 3.8) is 0 Å². The second-order valence-corrected chi connectivity index (χ2v) is 9.69. The van der Waals surface area contributed by atoms with Crippen LogP contribution in [0, 0.1) is 5.92 Å². The largest absolute Gasteiger partial charge is 0.490 e. The highest BCUT2D eigenvalue weighted by Gasteiger charge is 2.42. The Morgan fingerprint density at radius 3 is 1.87 bits per heavy atom. The molecule has 0 aromatic carbocycles. The second kappa shape index (κ2) is 17.4. The van der Waals surface area contributed by atoms with E-state index >= 15 is 0 Å².